The van der Waals surface area contributed by atoms with Gasteiger partial charge in [0.05, 0.1) is 17.8 Å². The minimum atomic E-state index is -0.439. The summed E-state index contributed by atoms with van der Waals surface area (Å²) < 4.78 is 0. The van der Waals surface area contributed by atoms with Crippen molar-refractivity contribution in [2.45, 2.75) is 39.0 Å². The third-order valence-corrected chi connectivity index (χ3v) is 6.79. The van der Waals surface area contributed by atoms with Gasteiger partial charge in [-0.25, -0.2) is 20.1 Å². The number of ketones is 1. The second-order valence-electron chi connectivity index (χ2n) is 9.89. The van der Waals surface area contributed by atoms with E-state index in [1.807, 2.05) is 42.5 Å². The molecule has 8 heteroatoms. The maximum atomic E-state index is 12.9. The average Bonchev–Trinajstić information content (AvgIpc) is 3.04. The lowest BCUT2D eigenvalue weighted by Gasteiger charge is -2.18. The minimum Gasteiger partial charge on any atom is -0.343 e. The number of para-hydroxylation sites is 1. The van der Waals surface area contributed by atoms with Crippen LogP contribution in [0.5, 0.6) is 0 Å². The summed E-state index contributed by atoms with van der Waals surface area (Å²) in [6, 6.07) is 29.1. The summed E-state index contributed by atoms with van der Waals surface area (Å²) in [5, 5.41) is 2.93. The molecule has 0 aliphatic heterocycles. The van der Waals surface area contributed by atoms with Crippen molar-refractivity contribution in [1.29, 1.82) is 0 Å². The molecule has 2 amide bonds. The lowest BCUT2D eigenvalue weighted by atomic mass is 10.0. The number of carbonyl (C=O) groups excluding carboxylic acids is 3. The first-order valence-electron chi connectivity index (χ1n) is 14.2. The van der Waals surface area contributed by atoms with Crippen molar-refractivity contribution in [3.05, 3.63) is 114 Å². The molecular weight excluding hydrogens is 528 g/mol. The van der Waals surface area contributed by atoms with Gasteiger partial charge in [0.2, 0.25) is 0 Å². The van der Waals surface area contributed by atoms with Crippen molar-refractivity contribution in [3.8, 4) is 11.3 Å². The number of hydrogen-bond donors (Lipinski definition) is 2. The number of amides is 2. The zero-order valence-electron chi connectivity index (χ0n) is 24.0. The monoisotopic (exact) mass is 564 g/mol. The van der Waals surface area contributed by atoms with Gasteiger partial charge in [0.15, 0.2) is 5.78 Å². The number of nitrogens with one attached hydrogen (secondary N) is 2. The number of aryl methyl sites for hydroxylation is 1. The molecule has 1 aromatic heterocycles. The van der Waals surface area contributed by atoms with Crippen LogP contribution in [0, 0.1) is 0 Å². The molecule has 0 spiro atoms. The van der Waals surface area contributed by atoms with E-state index in [4.69, 9.17) is 4.84 Å². The maximum Gasteiger partial charge on any atom is 0.332 e. The van der Waals surface area contributed by atoms with E-state index in [1.54, 1.807) is 61.6 Å². The molecule has 0 saturated heterocycles. The number of benzene rings is 3. The maximum absolute atomic E-state index is 12.9. The molecule has 0 aliphatic rings. The van der Waals surface area contributed by atoms with Crippen molar-refractivity contribution in [2.75, 3.05) is 24.0 Å². The molecule has 0 radical (unpaired) electrons. The fourth-order valence-corrected chi connectivity index (χ4v) is 4.33. The third-order valence-electron chi connectivity index (χ3n) is 6.79. The first-order valence-corrected chi connectivity index (χ1v) is 14.2. The Morgan fingerprint density at radius 3 is 2.33 bits per heavy atom. The second-order valence-corrected chi connectivity index (χ2v) is 9.89. The number of anilines is 2. The molecule has 1 heterocycles. The van der Waals surface area contributed by atoms with Crippen LogP contribution in [0.1, 0.15) is 54.1 Å². The predicted molar refractivity (Wildman–Crippen MR) is 165 cm³/mol. The summed E-state index contributed by atoms with van der Waals surface area (Å²) in [6.45, 7) is 2.77. The molecule has 0 fully saturated rings. The van der Waals surface area contributed by atoms with Crippen molar-refractivity contribution in [1.82, 2.24) is 10.3 Å². The van der Waals surface area contributed by atoms with E-state index in [0.29, 0.717) is 35.6 Å². The van der Waals surface area contributed by atoms with Gasteiger partial charge in [-0.05, 0) is 42.7 Å². The number of nitrogens with zero attached hydrogens (tertiary/aromatic N) is 2. The van der Waals surface area contributed by atoms with E-state index in [9.17, 15) is 14.4 Å². The van der Waals surface area contributed by atoms with E-state index in [-0.39, 0.29) is 18.2 Å². The standard InChI is InChI=1S/C34H36N4O4/c1-3-4-10-24-35-34(41)38(2)31-17-11-16-29(36-31)26-21-18-25(19-22-26)20-23-32(39)42-37-30-15-9-8-14-28(30)33(40)27-12-6-5-7-13-27/h5-9,11-19,21-22,37H,3-4,10,20,23-24H2,1-2H3,(H,35,41). The van der Waals surface area contributed by atoms with Crippen LogP contribution >= 0.6 is 0 Å². The first kappa shape index (κ1) is 30.0. The van der Waals surface area contributed by atoms with Gasteiger partial charge in [-0.15, -0.1) is 0 Å². The SMILES string of the molecule is CCCCCNC(=O)N(C)c1cccc(-c2ccc(CCC(=O)ONc3ccccc3C(=O)c3ccccc3)cc2)n1. The van der Waals surface area contributed by atoms with E-state index in [2.05, 4.69) is 22.7 Å². The van der Waals surface area contributed by atoms with Crippen LogP contribution in [0.3, 0.4) is 0 Å². The highest BCUT2D eigenvalue weighted by Gasteiger charge is 2.15. The zero-order chi connectivity index (χ0) is 29.7. The number of pyridine rings is 1. The van der Waals surface area contributed by atoms with Crippen LogP contribution in [0.15, 0.2) is 97.1 Å². The van der Waals surface area contributed by atoms with Gasteiger partial charge in [0.25, 0.3) is 0 Å². The molecule has 0 aliphatic carbocycles. The predicted octanol–water partition coefficient (Wildman–Crippen LogP) is 6.82. The molecule has 216 valence electrons. The Labute approximate surface area is 246 Å². The van der Waals surface area contributed by atoms with E-state index >= 15 is 0 Å². The first-order chi connectivity index (χ1) is 20.5. The minimum absolute atomic E-state index is 0.160. The number of aromatic nitrogens is 1. The van der Waals surface area contributed by atoms with E-state index in [1.165, 1.54) is 4.90 Å². The fraction of sp³-hybridized carbons (Fsp3) is 0.235. The fourth-order valence-electron chi connectivity index (χ4n) is 4.33. The van der Waals surface area contributed by atoms with Crippen LogP contribution in [-0.4, -0.2) is 36.4 Å². The highest BCUT2D eigenvalue weighted by Crippen LogP contribution is 2.22. The van der Waals surface area contributed by atoms with Gasteiger partial charge in [0.1, 0.15) is 5.82 Å². The third kappa shape index (κ3) is 8.27. The quantitative estimate of drug-likeness (QED) is 0.105. The molecule has 0 atom stereocenters. The summed E-state index contributed by atoms with van der Waals surface area (Å²) in [4.78, 5) is 49.3. The summed E-state index contributed by atoms with van der Waals surface area (Å²) in [6.07, 6.45) is 3.78. The smallest absolute Gasteiger partial charge is 0.332 e. The average molecular weight is 565 g/mol. The lowest BCUT2D eigenvalue weighted by molar-refractivity contribution is -0.140. The van der Waals surface area contributed by atoms with Crippen LogP contribution in [-0.2, 0) is 16.1 Å². The topological polar surface area (TPSA) is 101 Å². The Morgan fingerprint density at radius 1 is 0.833 bits per heavy atom. The van der Waals surface area contributed by atoms with Crippen LogP contribution < -0.4 is 15.7 Å². The van der Waals surface area contributed by atoms with Crippen LogP contribution in [0.2, 0.25) is 0 Å². The van der Waals surface area contributed by atoms with Gasteiger partial charge in [-0.3, -0.25) is 9.69 Å². The van der Waals surface area contributed by atoms with Gasteiger partial charge in [-0.1, -0.05) is 92.6 Å². The lowest BCUT2D eigenvalue weighted by Crippen LogP contribution is -2.38. The molecule has 4 rings (SSSR count). The van der Waals surface area contributed by atoms with Crippen LogP contribution in [0.25, 0.3) is 11.3 Å². The van der Waals surface area contributed by atoms with E-state index < -0.39 is 5.97 Å². The number of carbonyl (C=O) groups is 3. The Hall–Kier alpha value is -4.98. The number of hydrogen-bond acceptors (Lipinski definition) is 6. The zero-order valence-corrected chi connectivity index (χ0v) is 24.0. The van der Waals surface area contributed by atoms with Gasteiger partial charge < -0.3 is 10.2 Å². The molecule has 0 bridgehead atoms. The molecule has 3 aromatic carbocycles. The van der Waals surface area contributed by atoms with Gasteiger partial charge >= 0.3 is 12.0 Å². The molecule has 2 N–H and O–H groups in total. The second kappa shape index (κ2) is 15.1. The molecule has 0 saturated carbocycles. The van der Waals surface area contributed by atoms with E-state index in [0.717, 1.165) is 36.1 Å². The van der Waals surface area contributed by atoms with Crippen molar-refractivity contribution >= 4 is 29.3 Å². The molecule has 42 heavy (non-hydrogen) atoms. The Bertz CT molecular complexity index is 1490. The molecule has 4 aromatic rings. The summed E-state index contributed by atoms with van der Waals surface area (Å²) in [5.74, 6) is -0.0366. The van der Waals surface area contributed by atoms with Crippen molar-refractivity contribution < 1.29 is 19.2 Å². The highest BCUT2D eigenvalue weighted by atomic mass is 16.7. The summed E-state index contributed by atoms with van der Waals surface area (Å²) in [7, 11) is 1.71. The van der Waals surface area contributed by atoms with Crippen LogP contribution in [0.4, 0.5) is 16.3 Å². The molecular formula is C34H36N4O4. The van der Waals surface area contributed by atoms with Crippen molar-refractivity contribution in [2.24, 2.45) is 0 Å². The highest BCUT2D eigenvalue weighted by molar-refractivity contribution is 6.12. The summed E-state index contributed by atoms with van der Waals surface area (Å²) in [5.41, 5.74) is 6.68. The Morgan fingerprint density at radius 2 is 1.57 bits per heavy atom. The molecule has 8 nitrogen and oxygen atoms in total. The normalized spacial score (nSPS) is 10.5. The Kier molecular flexibility index (Phi) is 10.8. The Balaban J connectivity index is 1.29. The largest absolute Gasteiger partial charge is 0.343 e. The van der Waals surface area contributed by atoms with Gasteiger partial charge in [-0.2, -0.15) is 0 Å². The summed E-state index contributed by atoms with van der Waals surface area (Å²) >= 11 is 0. The van der Waals surface area contributed by atoms with Gasteiger partial charge in [0, 0.05) is 30.3 Å². The number of urea groups is 1. The molecule has 0 unspecified atom stereocenters. The number of unbranched alkanes of at least 4 members (excludes halogenated alkanes) is 2. The number of rotatable bonds is 13. The van der Waals surface area contributed by atoms with Crippen molar-refractivity contribution in [3.63, 3.8) is 0 Å².